The molecule has 1 saturated heterocycles. The maximum atomic E-state index is 11.5. The number of amides is 1. The lowest BCUT2D eigenvalue weighted by molar-refractivity contribution is -0.128. The smallest absolute Gasteiger partial charge is 0.219 e. The average molecular weight is 288 g/mol. The molecule has 21 heavy (non-hydrogen) atoms. The first-order valence-electron chi connectivity index (χ1n) is 8.23. The number of hydrogen-bond donors (Lipinski definition) is 0. The first-order valence-corrected chi connectivity index (χ1v) is 8.23. The lowest BCUT2D eigenvalue weighted by atomic mass is 9.94. The summed E-state index contributed by atoms with van der Waals surface area (Å²) in [7, 11) is 0. The zero-order valence-corrected chi connectivity index (χ0v) is 13.4. The van der Waals surface area contributed by atoms with Gasteiger partial charge in [0.15, 0.2) is 0 Å². The molecule has 1 aromatic carbocycles. The summed E-state index contributed by atoms with van der Waals surface area (Å²) in [6.45, 7) is 8.96. The highest BCUT2D eigenvalue weighted by atomic mass is 16.2. The minimum atomic E-state index is 0.213. The van der Waals surface area contributed by atoms with Gasteiger partial charge in [0.1, 0.15) is 0 Å². The highest BCUT2D eigenvalue weighted by Gasteiger charge is 2.20. The highest BCUT2D eigenvalue weighted by molar-refractivity contribution is 5.73. The van der Waals surface area contributed by atoms with Crippen LogP contribution in [-0.2, 0) is 4.79 Å². The van der Waals surface area contributed by atoms with Crippen LogP contribution in [0.15, 0.2) is 30.3 Å². The van der Waals surface area contributed by atoms with Gasteiger partial charge in [-0.2, -0.15) is 0 Å². The minimum absolute atomic E-state index is 0.213. The van der Waals surface area contributed by atoms with Crippen LogP contribution in [-0.4, -0.2) is 48.4 Å². The van der Waals surface area contributed by atoms with Crippen molar-refractivity contribution < 1.29 is 4.79 Å². The van der Waals surface area contributed by atoms with Crippen LogP contribution in [0, 0.1) is 0 Å². The fourth-order valence-corrected chi connectivity index (χ4v) is 3.22. The summed E-state index contributed by atoms with van der Waals surface area (Å²) in [4.78, 5) is 16.0. The van der Waals surface area contributed by atoms with Gasteiger partial charge in [-0.3, -0.25) is 4.79 Å². The minimum Gasteiger partial charge on any atom is -0.342 e. The van der Waals surface area contributed by atoms with Crippen LogP contribution < -0.4 is 0 Å². The van der Waals surface area contributed by atoms with E-state index in [-0.39, 0.29) is 5.91 Å². The molecule has 3 heteroatoms. The Morgan fingerprint density at radius 3 is 2.57 bits per heavy atom. The van der Waals surface area contributed by atoms with Gasteiger partial charge in [-0.1, -0.05) is 43.7 Å². The summed E-state index contributed by atoms with van der Waals surface area (Å²) in [5.41, 5.74) is 1.45. The molecule has 1 aliphatic rings. The molecule has 0 bridgehead atoms. The van der Waals surface area contributed by atoms with Gasteiger partial charge in [-0.25, -0.2) is 0 Å². The normalized spacial score (nSPS) is 18.3. The van der Waals surface area contributed by atoms with E-state index in [4.69, 9.17) is 0 Å². The van der Waals surface area contributed by atoms with Crippen LogP contribution in [0.1, 0.15) is 44.6 Å². The summed E-state index contributed by atoms with van der Waals surface area (Å²) in [6.07, 6.45) is 3.54. The molecule has 0 unspecified atom stereocenters. The molecule has 0 N–H and O–H groups in total. The molecule has 0 aromatic heterocycles. The van der Waals surface area contributed by atoms with Crippen LogP contribution in [0.2, 0.25) is 0 Å². The summed E-state index contributed by atoms with van der Waals surface area (Å²) >= 11 is 0. The van der Waals surface area contributed by atoms with Crippen molar-refractivity contribution in [3.05, 3.63) is 35.9 Å². The topological polar surface area (TPSA) is 23.6 Å². The quantitative estimate of drug-likeness (QED) is 0.831. The number of rotatable bonds is 5. The van der Waals surface area contributed by atoms with Crippen LogP contribution in [0.25, 0.3) is 0 Å². The Hall–Kier alpha value is -1.35. The lowest BCUT2D eigenvalue weighted by Gasteiger charge is -2.26. The third-order valence-corrected chi connectivity index (χ3v) is 4.42. The fraction of sp³-hybridized carbons (Fsp3) is 0.611. The second-order valence-electron chi connectivity index (χ2n) is 6.06. The Bertz CT molecular complexity index is 432. The molecule has 1 aliphatic heterocycles. The predicted molar refractivity (Wildman–Crippen MR) is 87.4 cm³/mol. The van der Waals surface area contributed by atoms with Crippen LogP contribution in [0.4, 0.5) is 0 Å². The summed E-state index contributed by atoms with van der Waals surface area (Å²) < 4.78 is 0. The van der Waals surface area contributed by atoms with E-state index in [0.717, 1.165) is 39.1 Å². The number of hydrogen-bond acceptors (Lipinski definition) is 2. The molecule has 0 aliphatic carbocycles. The molecule has 1 amide bonds. The van der Waals surface area contributed by atoms with Crippen molar-refractivity contribution >= 4 is 5.91 Å². The van der Waals surface area contributed by atoms with Gasteiger partial charge in [0.2, 0.25) is 5.91 Å². The van der Waals surface area contributed by atoms with Crippen molar-refractivity contribution in [1.82, 2.24) is 9.80 Å². The van der Waals surface area contributed by atoms with Gasteiger partial charge >= 0.3 is 0 Å². The zero-order chi connectivity index (χ0) is 15.1. The summed E-state index contributed by atoms with van der Waals surface area (Å²) in [5, 5.41) is 0. The number of carbonyl (C=O) groups is 1. The summed E-state index contributed by atoms with van der Waals surface area (Å²) in [5.74, 6) is 0.824. The first-order chi connectivity index (χ1) is 10.2. The van der Waals surface area contributed by atoms with Crippen molar-refractivity contribution in [3.63, 3.8) is 0 Å². The van der Waals surface area contributed by atoms with Crippen molar-refractivity contribution in [2.75, 3.05) is 32.7 Å². The number of nitrogens with zero attached hydrogens (tertiary/aromatic N) is 2. The standard InChI is InChI=1S/C18H28N2O/c1-3-8-18(17-9-5-4-6-10-17)15-19-11-7-12-20(14-13-19)16(2)21/h4-6,9-10,18H,3,7-8,11-15H2,1-2H3/t18-/m0/s1. The van der Waals surface area contributed by atoms with Gasteiger partial charge in [0.05, 0.1) is 0 Å². The van der Waals surface area contributed by atoms with E-state index in [1.54, 1.807) is 6.92 Å². The Morgan fingerprint density at radius 1 is 1.14 bits per heavy atom. The van der Waals surface area contributed by atoms with Gasteiger partial charge in [-0.15, -0.1) is 0 Å². The molecule has 1 heterocycles. The fourth-order valence-electron chi connectivity index (χ4n) is 3.22. The maximum absolute atomic E-state index is 11.5. The van der Waals surface area contributed by atoms with E-state index in [9.17, 15) is 4.79 Å². The molecular formula is C18H28N2O. The Balaban J connectivity index is 1.96. The van der Waals surface area contributed by atoms with Crippen LogP contribution in [0.5, 0.6) is 0 Å². The number of carbonyl (C=O) groups excluding carboxylic acids is 1. The molecule has 0 saturated carbocycles. The van der Waals surface area contributed by atoms with Gasteiger partial charge < -0.3 is 9.80 Å². The monoisotopic (exact) mass is 288 g/mol. The molecule has 2 rings (SSSR count). The maximum Gasteiger partial charge on any atom is 0.219 e. The lowest BCUT2D eigenvalue weighted by Crippen LogP contribution is -2.35. The SMILES string of the molecule is CCC[C@@H](CN1CCCN(C(C)=O)CC1)c1ccccc1. The molecule has 0 radical (unpaired) electrons. The second kappa shape index (κ2) is 8.18. The molecule has 3 nitrogen and oxygen atoms in total. The van der Waals surface area contributed by atoms with E-state index in [0.29, 0.717) is 5.92 Å². The Labute approximate surface area is 128 Å². The highest BCUT2D eigenvalue weighted by Crippen LogP contribution is 2.23. The third-order valence-electron chi connectivity index (χ3n) is 4.42. The van der Waals surface area contributed by atoms with Gasteiger partial charge in [0, 0.05) is 33.1 Å². The molecule has 116 valence electrons. The Kier molecular flexibility index (Phi) is 6.24. The van der Waals surface area contributed by atoms with Crippen molar-refractivity contribution in [2.45, 2.75) is 39.0 Å². The van der Waals surface area contributed by atoms with Crippen molar-refractivity contribution in [1.29, 1.82) is 0 Å². The number of benzene rings is 1. The van der Waals surface area contributed by atoms with E-state index in [2.05, 4.69) is 42.2 Å². The third kappa shape index (κ3) is 4.85. The predicted octanol–water partition coefficient (Wildman–Crippen LogP) is 3.12. The van der Waals surface area contributed by atoms with Crippen molar-refractivity contribution in [3.8, 4) is 0 Å². The molecular weight excluding hydrogens is 260 g/mol. The first kappa shape index (κ1) is 16.0. The molecule has 0 spiro atoms. The van der Waals surface area contributed by atoms with Gasteiger partial charge in [-0.05, 0) is 30.9 Å². The van der Waals surface area contributed by atoms with E-state index < -0.39 is 0 Å². The zero-order valence-electron chi connectivity index (χ0n) is 13.4. The molecule has 1 aromatic rings. The van der Waals surface area contributed by atoms with E-state index in [1.165, 1.54) is 18.4 Å². The van der Waals surface area contributed by atoms with Crippen LogP contribution in [0.3, 0.4) is 0 Å². The second-order valence-corrected chi connectivity index (χ2v) is 6.06. The van der Waals surface area contributed by atoms with E-state index in [1.807, 2.05) is 4.90 Å². The molecule has 1 atom stereocenters. The average Bonchev–Trinajstić information content (AvgIpc) is 2.73. The van der Waals surface area contributed by atoms with E-state index >= 15 is 0 Å². The van der Waals surface area contributed by atoms with Crippen molar-refractivity contribution in [2.24, 2.45) is 0 Å². The summed E-state index contributed by atoms with van der Waals surface area (Å²) in [6, 6.07) is 10.9. The Morgan fingerprint density at radius 2 is 1.90 bits per heavy atom. The van der Waals surface area contributed by atoms with Crippen LogP contribution >= 0.6 is 0 Å². The van der Waals surface area contributed by atoms with Gasteiger partial charge in [0.25, 0.3) is 0 Å². The largest absolute Gasteiger partial charge is 0.342 e. The molecule has 1 fully saturated rings.